The summed E-state index contributed by atoms with van der Waals surface area (Å²) in [5.41, 5.74) is 8.61. The molecule has 1 aliphatic rings. The van der Waals surface area contributed by atoms with Gasteiger partial charge in [0.1, 0.15) is 5.84 Å². The van der Waals surface area contributed by atoms with Crippen LogP contribution in [0.15, 0.2) is 18.2 Å². The third-order valence-corrected chi connectivity index (χ3v) is 3.92. The van der Waals surface area contributed by atoms with Crippen molar-refractivity contribution in [2.24, 2.45) is 11.7 Å². The molecular weight excluding hydrogens is 238 g/mol. The molecule has 1 saturated heterocycles. The second kappa shape index (κ2) is 6.06. The van der Waals surface area contributed by atoms with Gasteiger partial charge in [0.25, 0.3) is 0 Å². The summed E-state index contributed by atoms with van der Waals surface area (Å²) in [5.74, 6) is 0.715. The Kier molecular flexibility index (Phi) is 4.43. The summed E-state index contributed by atoms with van der Waals surface area (Å²) >= 11 is 0. The van der Waals surface area contributed by atoms with Crippen LogP contribution in [-0.2, 0) is 0 Å². The molecule has 2 rings (SSSR count). The molecule has 1 unspecified atom stereocenters. The maximum Gasteiger partial charge on any atom is 0.123 e. The van der Waals surface area contributed by atoms with E-state index in [0.29, 0.717) is 5.92 Å². The molecule has 1 fully saturated rings. The van der Waals surface area contributed by atoms with Gasteiger partial charge in [-0.1, -0.05) is 0 Å². The zero-order valence-corrected chi connectivity index (χ0v) is 11.5. The van der Waals surface area contributed by atoms with E-state index in [-0.39, 0.29) is 12.4 Å². The first-order valence-corrected chi connectivity index (χ1v) is 6.92. The summed E-state index contributed by atoms with van der Waals surface area (Å²) in [5, 5.41) is 16.6. The number of piperidine rings is 1. The summed E-state index contributed by atoms with van der Waals surface area (Å²) in [6, 6.07) is 6.09. The molecule has 104 valence electrons. The second-order valence-corrected chi connectivity index (χ2v) is 5.38. The van der Waals surface area contributed by atoms with Crippen molar-refractivity contribution in [2.75, 3.05) is 24.6 Å². The zero-order chi connectivity index (χ0) is 13.8. The van der Waals surface area contributed by atoms with E-state index < -0.39 is 0 Å². The number of aryl methyl sites for hydroxylation is 1. The largest absolute Gasteiger partial charge is 0.396 e. The van der Waals surface area contributed by atoms with Crippen molar-refractivity contribution >= 4 is 11.5 Å². The number of benzene rings is 1. The van der Waals surface area contributed by atoms with E-state index in [4.69, 9.17) is 16.2 Å². The first-order valence-electron chi connectivity index (χ1n) is 6.92. The normalized spacial score (nSPS) is 19.5. The predicted molar refractivity (Wildman–Crippen MR) is 78.8 cm³/mol. The number of nitrogens with zero attached hydrogens (tertiary/aromatic N) is 1. The highest BCUT2D eigenvalue weighted by atomic mass is 16.3. The van der Waals surface area contributed by atoms with E-state index in [1.54, 1.807) is 0 Å². The summed E-state index contributed by atoms with van der Waals surface area (Å²) in [7, 11) is 0. The van der Waals surface area contributed by atoms with Crippen LogP contribution in [0.3, 0.4) is 0 Å². The van der Waals surface area contributed by atoms with Gasteiger partial charge in [-0.2, -0.15) is 0 Å². The summed E-state index contributed by atoms with van der Waals surface area (Å²) < 4.78 is 0. The quantitative estimate of drug-likeness (QED) is 0.572. The molecule has 1 atom stereocenters. The fourth-order valence-electron chi connectivity index (χ4n) is 2.86. The van der Waals surface area contributed by atoms with Crippen LogP contribution < -0.4 is 10.6 Å². The Balaban J connectivity index is 2.13. The lowest BCUT2D eigenvalue weighted by atomic mass is 9.94. The highest BCUT2D eigenvalue weighted by Gasteiger charge is 2.20. The van der Waals surface area contributed by atoms with Gasteiger partial charge in [0.15, 0.2) is 0 Å². The lowest BCUT2D eigenvalue weighted by Crippen LogP contribution is -2.35. The van der Waals surface area contributed by atoms with Crippen LogP contribution in [0.2, 0.25) is 0 Å². The number of nitrogen functional groups attached to an aromatic ring is 1. The minimum absolute atomic E-state index is 0.126. The van der Waals surface area contributed by atoms with Crippen LogP contribution in [0, 0.1) is 18.3 Å². The molecule has 0 aromatic heterocycles. The van der Waals surface area contributed by atoms with Gasteiger partial charge in [-0.15, -0.1) is 0 Å². The Bertz CT molecular complexity index is 457. The first kappa shape index (κ1) is 13.9. The van der Waals surface area contributed by atoms with Gasteiger partial charge in [-0.3, -0.25) is 5.41 Å². The highest BCUT2D eigenvalue weighted by molar-refractivity contribution is 5.96. The fraction of sp³-hybridized carbons (Fsp3) is 0.533. The molecule has 4 N–H and O–H groups in total. The Morgan fingerprint density at radius 1 is 1.53 bits per heavy atom. The van der Waals surface area contributed by atoms with Gasteiger partial charge in [-0.05, 0) is 55.9 Å². The summed E-state index contributed by atoms with van der Waals surface area (Å²) in [6.45, 7) is 4.36. The van der Waals surface area contributed by atoms with E-state index >= 15 is 0 Å². The lowest BCUT2D eigenvalue weighted by molar-refractivity contribution is 0.244. The zero-order valence-electron chi connectivity index (χ0n) is 11.5. The molecule has 0 saturated carbocycles. The molecule has 1 aromatic rings. The van der Waals surface area contributed by atoms with Gasteiger partial charge in [0.05, 0.1) is 0 Å². The average molecular weight is 261 g/mol. The number of hydrogen-bond acceptors (Lipinski definition) is 3. The van der Waals surface area contributed by atoms with Gasteiger partial charge >= 0.3 is 0 Å². The Hall–Kier alpha value is -1.55. The smallest absolute Gasteiger partial charge is 0.123 e. The molecule has 4 heteroatoms. The standard InChI is InChI=1S/C15H23N3O/c1-11-9-13(4-5-14(11)15(16)17)18-7-2-3-12(10-18)6-8-19/h4-5,9,12,19H,2-3,6-8,10H2,1H3,(H3,16,17). The maximum atomic E-state index is 9.06. The van der Waals surface area contributed by atoms with Crippen molar-refractivity contribution in [1.82, 2.24) is 0 Å². The number of aliphatic hydroxyl groups excluding tert-OH is 1. The number of aliphatic hydroxyl groups is 1. The molecule has 0 bridgehead atoms. The molecule has 1 heterocycles. The number of anilines is 1. The van der Waals surface area contributed by atoms with Crippen LogP contribution in [0.1, 0.15) is 30.4 Å². The summed E-state index contributed by atoms with van der Waals surface area (Å²) in [4.78, 5) is 2.38. The fourth-order valence-corrected chi connectivity index (χ4v) is 2.86. The average Bonchev–Trinajstić information content (AvgIpc) is 2.39. The lowest BCUT2D eigenvalue weighted by Gasteiger charge is -2.34. The first-order chi connectivity index (χ1) is 9.11. The molecule has 0 radical (unpaired) electrons. The molecule has 0 spiro atoms. The number of amidine groups is 1. The van der Waals surface area contributed by atoms with Crippen molar-refractivity contribution in [3.8, 4) is 0 Å². The Morgan fingerprint density at radius 3 is 2.95 bits per heavy atom. The third-order valence-electron chi connectivity index (χ3n) is 3.92. The molecular formula is C15H23N3O. The van der Waals surface area contributed by atoms with Crippen LogP contribution in [-0.4, -0.2) is 30.6 Å². The van der Waals surface area contributed by atoms with Gasteiger partial charge < -0.3 is 15.7 Å². The molecule has 4 nitrogen and oxygen atoms in total. The van der Waals surface area contributed by atoms with E-state index in [1.165, 1.54) is 18.5 Å². The molecule has 0 amide bonds. The van der Waals surface area contributed by atoms with Crippen molar-refractivity contribution in [3.63, 3.8) is 0 Å². The number of hydrogen-bond donors (Lipinski definition) is 3. The Morgan fingerprint density at radius 2 is 2.32 bits per heavy atom. The van der Waals surface area contributed by atoms with E-state index in [0.717, 1.165) is 30.6 Å². The van der Waals surface area contributed by atoms with E-state index in [2.05, 4.69) is 11.0 Å². The van der Waals surface area contributed by atoms with Gasteiger partial charge in [-0.25, -0.2) is 0 Å². The van der Waals surface area contributed by atoms with Crippen molar-refractivity contribution in [2.45, 2.75) is 26.2 Å². The predicted octanol–water partition coefficient (Wildman–Crippen LogP) is 1.88. The molecule has 0 aliphatic carbocycles. The maximum absolute atomic E-state index is 9.06. The minimum atomic E-state index is 0.126. The number of nitrogens with two attached hydrogens (primary N) is 1. The van der Waals surface area contributed by atoms with Crippen molar-refractivity contribution in [1.29, 1.82) is 5.41 Å². The molecule has 1 aliphatic heterocycles. The number of nitrogens with one attached hydrogen (secondary N) is 1. The van der Waals surface area contributed by atoms with Gasteiger partial charge in [0, 0.05) is 30.9 Å². The number of rotatable bonds is 4. The molecule has 19 heavy (non-hydrogen) atoms. The Labute approximate surface area is 114 Å². The monoisotopic (exact) mass is 261 g/mol. The minimum Gasteiger partial charge on any atom is -0.396 e. The van der Waals surface area contributed by atoms with Gasteiger partial charge in [0.2, 0.25) is 0 Å². The van der Waals surface area contributed by atoms with Crippen molar-refractivity contribution in [3.05, 3.63) is 29.3 Å². The summed E-state index contributed by atoms with van der Waals surface area (Å²) in [6.07, 6.45) is 3.28. The SMILES string of the molecule is Cc1cc(N2CCCC(CCO)C2)ccc1C(=N)N. The van der Waals surface area contributed by atoms with Crippen LogP contribution in [0.4, 0.5) is 5.69 Å². The van der Waals surface area contributed by atoms with Crippen molar-refractivity contribution < 1.29 is 5.11 Å². The second-order valence-electron chi connectivity index (χ2n) is 5.38. The van der Waals surface area contributed by atoms with Crippen LogP contribution in [0.5, 0.6) is 0 Å². The van der Waals surface area contributed by atoms with Crippen LogP contribution in [0.25, 0.3) is 0 Å². The van der Waals surface area contributed by atoms with Crippen LogP contribution >= 0.6 is 0 Å². The topological polar surface area (TPSA) is 73.3 Å². The van der Waals surface area contributed by atoms with E-state index in [1.807, 2.05) is 19.1 Å². The third kappa shape index (κ3) is 3.26. The highest BCUT2D eigenvalue weighted by Crippen LogP contribution is 2.26. The van der Waals surface area contributed by atoms with E-state index in [9.17, 15) is 0 Å². The molecule has 1 aromatic carbocycles.